The van der Waals surface area contributed by atoms with Crippen LogP contribution in [0.25, 0.3) is 0 Å². The maximum absolute atomic E-state index is 13.4. The van der Waals surface area contributed by atoms with Crippen LogP contribution in [0.2, 0.25) is 0 Å². The van der Waals surface area contributed by atoms with E-state index in [1.54, 1.807) is 12.1 Å². The van der Waals surface area contributed by atoms with Crippen LogP contribution < -0.4 is 10.1 Å². The molecule has 2 aliphatic rings. The van der Waals surface area contributed by atoms with Crippen molar-refractivity contribution < 1.29 is 41.4 Å². The lowest BCUT2D eigenvalue weighted by Crippen LogP contribution is -2.47. The summed E-state index contributed by atoms with van der Waals surface area (Å²) in [7, 11) is 0. The number of anilines is 1. The molecule has 0 unspecified atom stereocenters. The second-order valence-electron chi connectivity index (χ2n) is 7.61. The number of esters is 1. The second kappa shape index (κ2) is 9.16. The zero-order chi connectivity index (χ0) is 24.5. The number of carbonyl (C=O) groups is 3. The van der Waals surface area contributed by atoms with E-state index >= 15 is 0 Å². The first kappa shape index (κ1) is 23.9. The lowest BCUT2D eigenvalue weighted by atomic mass is 10.0. The molecule has 1 N–H and O–H groups in total. The van der Waals surface area contributed by atoms with Crippen LogP contribution in [0.15, 0.2) is 48.5 Å². The molecule has 0 aromatic heterocycles. The number of fused-ring (bicyclic) bond motifs is 1. The van der Waals surface area contributed by atoms with Crippen molar-refractivity contribution in [2.45, 2.75) is 30.1 Å². The van der Waals surface area contributed by atoms with Crippen molar-refractivity contribution in [2.24, 2.45) is 0 Å². The van der Waals surface area contributed by atoms with Crippen molar-refractivity contribution in [1.29, 1.82) is 0 Å². The van der Waals surface area contributed by atoms with Gasteiger partial charge in [-0.05, 0) is 48.4 Å². The minimum absolute atomic E-state index is 0.178. The van der Waals surface area contributed by atoms with Gasteiger partial charge in [-0.2, -0.15) is 0 Å². The number of benzene rings is 2. The highest BCUT2D eigenvalue weighted by Crippen LogP contribution is 2.54. The smallest absolute Gasteiger partial charge is 0.454 e. The number of thioether (sulfide) groups is 1. The molecule has 7 nitrogen and oxygen atoms in total. The fourth-order valence-corrected chi connectivity index (χ4v) is 5.63. The van der Waals surface area contributed by atoms with Crippen molar-refractivity contribution >= 4 is 35.2 Å². The summed E-state index contributed by atoms with van der Waals surface area (Å²) in [6.07, 6.45) is -4.15. The zero-order valence-corrected chi connectivity index (χ0v) is 18.2. The van der Waals surface area contributed by atoms with Gasteiger partial charge in [0.25, 0.3) is 5.91 Å². The van der Waals surface area contributed by atoms with Crippen LogP contribution in [-0.2, 0) is 24.0 Å². The maximum Gasteiger partial charge on any atom is 0.573 e. The Labute approximate surface area is 195 Å². The van der Waals surface area contributed by atoms with E-state index in [0.29, 0.717) is 12.0 Å². The molecule has 0 saturated carbocycles. The summed E-state index contributed by atoms with van der Waals surface area (Å²) < 4.78 is 58.9. The Morgan fingerprint density at radius 3 is 2.44 bits per heavy atom. The molecule has 0 spiro atoms. The fourth-order valence-electron chi connectivity index (χ4n) is 4.00. The van der Waals surface area contributed by atoms with E-state index in [0.717, 1.165) is 12.1 Å². The average Bonchev–Trinajstić information content (AvgIpc) is 3.32. The summed E-state index contributed by atoms with van der Waals surface area (Å²) in [5, 5.41) is 2.40. The predicted molar refractivity (Wildman–Crippen MR) is 113 cm³/mol. The van der Waals surface area contributed by atoms with Crippen molar-refractivity contribution in [1.82, 2.24) is 4.90 Å². The maximum atomic E-state index is 13.4. The number of rotatable bonds is 6. The van der Waals surface area contributed by atoms with Crippen molar-refractivity contribution in [3.63, 3.8) is 0 Å². The number of halogens is 4. The van der Waals surface area contributed by atoms with Crippen LogP contribution in [0.4, 0.5) is 23.2 Å². The van der Waals surface area contributed by atoms with E-state index in [9.17, 15) is 31.9 Å². The number of alkyl halides is 3. The monoisotopic (exact) mass is 498 g/mol. The standard InChI is InChI=1S/C22H18F4N2O5S/c23-14-3-1-13(2-4-14)21-10-9-19(30)28(21)17(12-34-21)20(31)32-11-18(29)27-15-5-7-16(8-6-15)33-22(24,25)26/h1-8,17H,9-12H2,(H,27,29)/t17-,21-/m1/s1. The van der Waals surface area contributed by atoms with Gasteiger partial charge in [0, 0.05) is 17.9 Å². The van der Waals surface area contributed by atoms with Gasteiger partial charge in [0.15, 0.2) is 6.61 Å². The van der Waals surface area contributed by atoms with Gasteiger partial charge >= 0.3 is 12.3 Å². The predicted octanol–water partition coefficient (Wildman–Crippen LogP) is 3.80. The minimum atomic E-state index is -4.83. The van der Waals surface area contributed by atoms with Gasteiger partial charge in [-0.15, -0.1) is 24.9 Å². The van der Waals surface area contributed by atoms with Crippen LogP contribution in [0.1, 0.15) is 18.4 Å². The molecule has 180 valence electrons. The molecule has 0 aliphatic carbocycles. The first-order valence-corrected chi connectivity index (χ1v) is 11.1. The van der Waals surface area contributed by atoms with Crippen molar-refractivity contribution in [3.8, 4) is 5.75 Å². The molecule has 2 aliphatic heterocycles. The van der Waals surface area contributed by atoms with E-state index in [1.165, 1.54) is 40.9 Å². The molecule has 34 heavy (non-hydrogen) atoms. The quantitative estimate of drug-likeness (QED) is 0.482. The summed E-state index contributed by atoms with van der Waals surface area (Å²) in [6.45, 7) is -0.646. The molecule has 2 aromatic carbocycles. The third-order valence-corrected chi connectivity index (χ3v) is 7.01. The summed E-state index contributed by atoms with van der Waals surface area (Å²) in [6, 6.07) is 9.31. The molecule has 2 saturated heterocycles. The first-order valence-electron chi connectivity index (χ1n) is 10.1. The summed E-state index contributed by atoms with van der Waals surface area (Å²) in [5.74, 6) is -2.30. The van der Waals surface area contributed by atoms with E-state index in [1.807, 2.05) is 0 Å². The number of ether oxygens (including phenoxy) is 2. The van der Waals surface area contributed by atoms with Crippen LogP contribution in [-0.4, -0.2) is 47.4 Å². The second-order valence-corrected chi connectivity index (χ2v) is 8.91. The highest BCUT2D eigenvalue weighted by Gasteiger charge is 2.57. The Hall–Kier alpha value is -3.28. The van der Waals surface area contributed by atoms with Crippen LogP contribution in [0.3, 0.4) is 0 Å². The number of hydrogen-bond donors (Lipinski definition) is 1. The third kappa shape index (κ3) is 4.96. The highest BCUT2D eigenvalue weighted by molar-refractivity contribution is 8.00. The minimum Gasteiger partial charge on any atom is -0.454 e. The average molecular weight is 498 g/mol. The van der Waals surface area contributed by atoms with Crippen molar-refractivity contribution in [2.75, 3.05) is 17.7 Å². The number of nitrogens with one attached hydrogen (secondary N) is 1. The Morgan fingerprint density at radius 1 is 1.12 bits per heavy atom. The van der Waals surface area contributed by atoms with Gasteiger partial charge < -0.3 is 19.7 Å². The Bertz CT molecular complexity index is 1090. The van der Waals surface area contributed by atoms with E-state index in [-0.39, 0.29) is 23.8 Å². The number of carbonyl (C=O) groups excluding carboxylic acids is 3. The number of nitrogens with zero attached hydrogens (tertiary/aromatic N) is 1. The molecule has 0 radical (unpaired) electrons. The Kier molecular flexibility index (Phi) is 6.43. The third-order valence-electron chi connectivity index (χ3n) is 5.41. The fraction of sp³-hybridized carbons (Fsp3) is 0.318. The molecular weight excluding hydrogens is 480 g/mol. The first-order chi connectivity index (χ1) is 16.1. The zero-order valence-electron chi connectivity index (χ0n) is 17.4. The molecule has 0 bridgehead atoms. The van der Waals surface area contributed by atoms with Crippen LogP contribution in [0, 0.1) is 5.82 Å². The molecule has 2 atom stereocenters. The Balaban J connectivity index is 1.35. The van der Waals surface area contributed by atoms with Crippen LogP contribution >= 0.6 is 11.8 Å². The van der Waals surface area contributed by atoms with E-state index in [2.05, 4.69) is 10.1 Å². The van der Waals surface area contributed by atoms with Crippen molar-refractivity contribution in [3.05, 3.63) is 59.9 Å². The summed E-state index contributed by atoms with van der Waals surface area (Å²) in [5.41, 5.74) is 0.882. The molecule has 2 heterocycles. The largest absolute Gasteiger partial charge is 0.573 e. The molecule has 2 fully saturated rings. The Morgan fingerprint density at radius 2 is 1.79 bits per heavy atom. The number of hydrogen-bond acceptors (Lipinski definition) is 6. The number of amides is 2. The highest BCUT2D eigenvalue weighted by atomic mass is 32.2. The van der Waals surface area contributed by atoms with E-state index < -0.39 is 47.3 Å². The molecule has 2 amide bonds. The molecule has 12 heteroatoms. The lowest BCUT2D eigenvalue weighted by Gasteiger charge is -2.33. The van der Waals surface area contributed by atoms with Gasteiger partial charge in [-0.25, -0.2) is 9.18 Å². The molecule has 2 aromatic rings. The SMILES string of the molecule is O=C(COC(=O)[C@H]1CS[C@@]2(c3ccc(F)cc3)CCC(=O)N12)Nc1ccc(OC(F)(F)F)cc1. The topological polar surface area (TPSA) is 84.9 Å². The summed E-state index contributed by atoms with van der Waals surface area (Å²) >= 11 is 1.39. The van der Waals surface area contributed by atoms with Gasteiger partial charge in [0.2, 0.25) is 5.91 Å². The van der Waals surface area contributed by atoms with Gasteiger partial charge in [0.1, 0.15) is 22.5 Å². The van der Waals surface area contributed by atoms with Gasteiger partial charge in [0.05, 0.1) is 0 Å². The van der Waals surface area contributed by atoms with Gasteiger partial charge in [-0.3, -0.25) is 9.59 Å². The lowest BCUT2D eigenvalue weighted by molar-refractivity contribution is -0.274. The van der Waals surface area contributed by atoms with Crippen LogP contribution in [0.5, 0.6) is 5.75 Å². The normalized spacial score (nSPS) is 21.8. The van der Waals surface area contributed by atoms with E-state index in [4.69, 9.17) is 4.74 Å². The molecule has 4 rings (SSSR count). The molecular formula is C22H18F4N2O5S. The van der Waals surface area contributed by atoms with Gasteiger partial charge in [-0.1, -0.05) is 12.1 Å². The summed E-state index contributed by atoms with van der Waals surface area (Å²) in [4.78, 5) is 38.1.